The van der Waals surface area contributed by atoms with Crippen LogP contribution in [0.2, 0.25) is 0 Å². The summed E-state index contributed by atoms with van der Waals surface area (Å²) in [5.74, 6) is 0.497. The van der Waals surface area contributed by atoms with Crippen molar-refractivity contribution in [3.63, 3.8) is 0 Å². The van der Waals surface area contributed by atoms with E-state index < -0.39 is 0 Å². The van der Waals surface area contributed by atoms with E-state index in [9.17, 15) is 4.79 Å². The second-order valence-corrected chi connectivity index (χ2v) is 6.94. The predicted molar refractivity (Wildman–Crippen MR) is 95.8 cm³/mol. The van der Waals surface area contributed by atoms with E-state index in [1.54, 1.807) is 0 Å². The van der Waals surface area contributed by atoms with Gasteiger partial charge in [0.05, 0.1) is 19.3 Å². The molecule has 1 aromatic carbocycles. The number of nitrogens with one attached hydrogen (secondary N) is 1. The number of ether oxygens (including phenoxy) is 3. The van der Waals surface area contributed by atoms with Crippen molar-refractivity contribution in [2.75, 3.05) is 38.2 Å². The van der Waals surface area contributed by atoms with Crippen LogP contribution in [0.15, 0.2) is 24.3 Å². The van der Waals surface area contributed by atoms with Gasteiger partial charge in [-0.1, -0.05) is 0 Å². The van der Waals surface area contributed by atoms with Crippen LogP contribution in [0.4, 0.5) is 5.69 Å². The van der Waals surface area contributed by atoms with Gasteiger partial charge < -0.3 is 24.4 Å². The molecule has 2 aliphatic heterocycles. The van der Waals surface area contributed by atoms with Gasteiger partial charge in [-0.25, -0.2) is 0 Å². The number of rotatable bonds is 6. The summed E-state index contributed by atoms with van der Waals surface area (Å²) in [4.78, 5) is 14.5. The van der Waals surface area contributed by atoms with Gasteiger partial charge >= 0.3 is 0 Å². The summed E-state index contributed by atoms with van der Waals surface area (Å²) in [6.07, 6.45) is 2.39. The smallest absolute Gasteiger partial charge is 0.225 e. The number of amides is 1. The lowest BCUT2D eigenvalue weighted by atomic mass is 10.0. The number of carbonyl (C=O) groups excluding carboxylic acids is 1. The molecule has 0 bridgehead atoms. The maximum atomic E-state index is 12.1. The average Bonchev–Trinajstić information content (AvgIpc) is 3.04. The van der Waals surface area contributed by atoms with E-state index in [1.807, 2.05) is 38.1 Å². The Morgan fingerprint density at radius 2 is 1.84 bits per heavy atom. The Balaban J connectivity index is 1.38. The zero-order valence-electron chi connectivity index (χ0n) is 15.1. The van der Waals surface area contributed by atoms with Crippen molar-refractivity contribution < 1.29 is 19.0 Å². The van der Waals surface area contributed by atoms with Crippen LogP contribution in [0.25, 0.3) is 0 Å². The van der Waals surface area contributed by atoms with E-state index in [0.29, 0.717) is 19.6 Å². The van der Waals surface area contributed by atoms with Crippen molar-refractivity contribution in [1.82, 2.24) is 4.90 Å². The first-order valence-electron chi connectivity index (χ1n) is 9.11. The molecular formula is C19H28N2O4. The molecule has 3 rings (SSSR count). The highest BCUT2D eigenvalue weighted by atomic mass is 16.7. The van der Waals surface area contributed by atoms with Gasteiger partial charge in [0.15, 0.2) is 5.79 Å². The fraction of sp³-hybridized carbons (Fsp3) is 0.632. The van der Waals surface area contributed by atoms with Crippen LogP contribution in [-0.2, 0) is 14.3 Å². The molecule has 2 fully saturated rings. The Hall–Kier alpha value is -1.63. The van der Waals surface area contributed by atoms with Gasteiger partial charge in [-0.3, -0.25) is 4.79 Å². The Morgan fingerprint density at radius 1 is 1.20 bits per heavy atom. The van der Waals surface area contributed by atoms with Gasteiger partial charge in [0.1, 0.15) is 5.75 Å². The highest BCUT2D eigenvalue weighted by molar-refractivity contribution is 5.90. The molecule has 1 spiro atoms. The zero-order valence-corrected chi connectivity index (χ0v) is 15.1. The number of benzene rings is 1. The first-order chi connectivity index (χ1) is 12.0. The van der Waals surface area contributed by atoms with Crippen molar-refractivity contribution in [1.29, 1.82) is 0 Å². The molecule has 1 amide bonds. The number of piperidine rings is 1. The first kappa shape index (κ1) is 18.2. The standard InChI is InChI=1S/C19H28N2O4/c1-15(2)25-17-5-3-16(4-6-17)20-18(22)7-10-21-11-8-19(9-12-21)23-13-14-24-19/h3-6,15H,7-14H2,1-2H3,(H,20,22). The summed E-state index contributed by atoms with van der Waals surface area (Å²) >= 11 is 0. The molecule has 6 heteroatoms. The van der Waals surface area contributed by atoms with E-state index in [4.69, 9.17) is 14.2 Å². The molecule has 0 aliphatic carbocycles. The van der Waals surface area contributed by atoms with Crippen LogP contribution in [0.5, 0.6) is 5.75 Å². The zero-order chi connectivity index (χ0) is 17.7. The number of nitrogens with zero attached hydrogens (tertiary/aromatic N) is 1. The minimum absolute atomic E-state index is 0.0335. The second-order valence-electron chi connectivity index (χ2n) is 6.94. The minimum Gasteiger partial charge on any atom is -0.491 e. The van der Waals surface area contributed by atoms with E-state index in [2.05, 4.69) is 10.2 Å². The molecule has 0 aromatic heterocycles. The number of anilines is 1. The highest BCUT2D eigenvalue weighted by Crippen LogP contribution is 2.31. The predicted octanol–water partition coefficient (Wildman–Crippen LogP) is 2.64. The van der Waals surface area contributed by atoms with Gasteiger partial charge in [-0.15, -0.1) is 0 Å². The van der Waals surface area contributed by atoms with Crippen LogP contribution in [-0.4, -0.2) is 55.5 Å². The molecule has 2 saturated heterocycles. The summed E-state index contributed by atoms with van der Waals surface area (Å²) in [5, 5.41) is 2.94. The van der Waals surface area contributed by atoms with E-state index in [1.165, 1.54) is 0 Å². The van der Waals surface area contributed by atoms with Crippen molar-refractivity contribution >= 4 is 11.6 Å². The van der Waals surface area contributed by atoms with E-state index >= 15 is 0 Å². The Kier molecular flexibility index (Phi) is 5.93. The monoisotopic (exact) mass is 348 g/mol. The summed E-state index contributed by atoms with van der Waals surface area (Å²) in [6, 6.07) is 7.49. The lowest BCUT2D eigenvalue weighted by Crippen LogP contribution is -2.45. The Labute approximate surface area is 149 Å². The Bertz CT molecular complexity index is 557. The molecule has 6 nitrogen and oxygen atoms in total. The number of hydrogen-bond donors (Lipinski definition) is 1. The molecule has 0 atom stereocenters. The summed E-state index contributed by atoms with van der Waals surface area (Å²) < 4.78 is 17.1. The first-order valence-corrected chi connectivity index (χ1v) is 9.11. The summed E-state index contributed by atoms with van der Waals surface area (Å²) in [7, 11) is 0. The molecule has 1 N–H and O–H groups in total. The van der Waals surface area contributed by atoms with Crippen molar-refractivity contribution in [3.8, 4) is 5.75 Å². The minimum atomic E-state index is -0.349. The van der Waals surface area contributed by atoms with Crippen LogP contribution in [0.3, 0.4) is 0 Å². The molecule has 0 unspecified atom stereocenters. The van der Waals surface area contributed by atoms with Crippen LogP contribution >= 0.6 is 0 Å². The van der Waals surface area contributed by atoms with Crippen molar-refractivity contribution in [2.24, 2.45) is 0 Å². The van der Waals surface area contributed by atoms with Crippen LogP contribution < -0.4 is 10.1 Å². The Morgan fingerprint density at radius 3 is 2.44 bits per heavy atom. The van der Waals surface area contributed by atoms with E-state index in [0.717, 1.165) is 43.9 Å². The van der Waals surface area contributed by atoms with Crippen molar-refractivity contribution in [2.45, 2.75) is 45.0 Å². The van der Waals surface area contributed by atoms with Crippen molar-refractivity contribution in [3.05, 3.63) is 24.3 Å². The van der Waals surface area contributed by atoms with Gasteiger partial charge in [0, 0.05) is 44.6 Å². The summed E-state index contributed by atoms with van der Waals surface area (Å²) in [5.41, 5.74) is 0.798. The van der Waals surface area contributed by atoms with Crippen LogP contribution in [0.1, 0.15) is 33.1 Å². The van der Waals surface area contributed by atoms with E-state index in [-0.39, 0.29) is 17.8 Å². The molecule has 25 heavy (non-hydrogen) atoms. The molecular weight excluding hydrogens is 320 g/mol. The van der Waals surface area contributed by atoms with Gasteiger partial charge in [0.2, 0.25) is 5.91 Å². The quantitative estimate of drug-likeness (QED) is 0.856. The number of hydrogen-bond acceptors (Lipinski definition) is 5. The lowest BCUT2D eigenvalue weighted by Gasteiger charge is -2.37. The molecule has 2 heterocycles. The number of carbonyl (C=O) groups is 1. The van der Waals surface area contributed by atoms with Gasteiger partial charge in [-0.2, -0.15) is 0 Å². The molecule has 0 radical (unpaired) electrons. The molecule has 0 saturated carbocycles. The normalized spacial score (nSPS) is 20.1. The second kappa shape index (κ2) is 8.17. The topological polar surface area (TPSA) is 60.0 Å². The fourth-order valence-corrected chi connectivity index (χ4v) is 3.28. The molecule has 138 valence electrons. The maximum absolute atomic E-state index is 12.1. The van der Waals surface area contributed by atoms with Crippen LogP contribution in [0, 0.1) is 0 Å². The average molecular weight is 348 g/mol. The largest absolute Gasteiger partial charge is 0.491 e. The highest BCUT2D eigenvalue weighted by Gasteiger charge is 2.39. The number of likely N-dealkylation sites (tertiary alicyclic amines) is 1. The summed E-state index contributed by atoms with van der Waals surface area (Å²) in [6.45, 7) is 7.96. The van der Waals surface area contributed by atoms with Gasteiger partial charge in [0.25, 0.3) is 0 Å². The maximum Gasteiger partial charge on any atom is 0.225 e. The third-order valence-corrected chi connectivity index (χ3v) is 4.60. The lowest BCUT2D eigenvalue weighted by molar-refractivity contribution is -0.185. The fourth-order valence-electron chi connectivity index (χ4n) is 3.28. The SMILES string of the molecule is CC(C)Oc1ccc(NC(=O)CCN2CCC3(CC2)OCCO3)cc1. The molecule has 2 aliphatic rings. The third-order valence-electron chi connectivity index (χ3n) is 4.60. The molecule has 1 aromatic rings. The van der Waals surface area contributed by atoms with Gasteiger partial charge in [-0.05, 0) is 38.1 Å². The third kappa shape index (κ3) is 5.17.